The Labute approximate surface area is 116 Å². The molecule has 102 valence electrons. The monoisotopic (exact) mass is 279 g/mol. The number of furan rings is 1. The molecule has 1 amide bonds. The molecule has 2 rings (SSSR count). The van der Waals surface area contributed by atoms with E-state index in [-0.39, 0.29) is 18.6 Å². The summed E-state index contributed by atoms with van der Waals surface area (Å²) >= 11 is 1.61. The van der Waals surface area contributed by atoms with Crippen LogP contribution in [0.3, 0.4) is 0 Å². The fourth-order valence-corrected chi connectivity index (χ4v) is 2.64. The molecule has 1 N–H and O–H groups in total. The van der Waals surface area contributed by atoms with Gasteiger partial charge in [-0.15, -0.1) is 11.3 Å². The van der Waals surface area contributed by atoms with Crippen LogP contribution in [-0.4, -0.2) is 28.6 Å². The molecular weight excluding hydrogens is 262 g/mol. The van der Waals surface area contributed by atoms with E-state index in [4.69, 9.17) is 4.42 Å². The molecule has 1 atom stereocenters. The van der Waals surface area contributed by atoms with Gasteiger partial charge >= 0.3 is 0 Å². The zero-order chi connectivity index (χ0) is 13.7. The SMILES string of the molecule is CC[C@H](CO)N(Cc1cccs1)C(=O)c1ccoc1. The van der Waals surface area contributed by atoms with Gasteiger partial charge in [0.05, 0.1) is 31.0 Å². The van der Waals surface area contributed by atoms with Crippen molar-refractivity contribution < 1.29 is 14.3 Å². The van der Waals surface area contributed by atoms with E-state index < -0.39 is 0 Å². The highest BCUT2D eigenvalue weighted by Gasteiger charge is 2.24. The molecule has 0 saturated carbocycles. The number of amides is 1. The van der Waals surface area contributed by atoms with Gasteiger partial charge in [0.15, 0.2) is 0 Å². The molecule has 0 radical (unpaired) electrons. The number of thiophene rings is 1. The molecule has 0 aliphatic rings. The van der Waals surface area contributed by atoms with Crippen molar-refractivity contribution in [3.8, 4) is 0 Å². The maximum absolute atomic E-state index is 12.5. The quantitative estimate of drug-likeness (QED) is 0.884. The number of carbonyl (C=O) groups excluding carboxylic acids is 1. The molecule has 5 heteroatoms. The summed E-state index contributed by atoms with van der Waals surface area (Å²) in [6.07, 6.45) is 3.63. The first kappa shape index (κ1) is 13.8. The maximum atomic E-state index is 12.5. The normalized spacial score (nSPS) is 12.3. The number of hydrogen-bond donors (Lipinski definition) is 1. The molecular formula is C14H17NO3S. The molecule has 2 aromatic rings. The average molecular weight is 279 g/mol. The Morgan fingerprint density at radius 3 is 2.89 bits per heavy atom. The van der Waals surface area contributed by atoms with Crippen molar-refractivity contribution >= 4 is 17.2 Å². The van der Waals surface area contributed by atoms with Crippen molar-refractivity contribution in [2.45, 2.75) is 25.9 Å². The Bertz CT molecular complexity index is 489. The second-order valence-corrected chi connectivity index (χ2v) is 5.30. The zero-order valence-electron chi connectivity index (χ0n) is 10.8. The number of aliphatic hydroxyl groups excluding tert-OH is 1. The number of hydrogen-bond acceptors (Lipinski definition) is 4. The predicted octanol–water partition coefficient (Wildman–Crippen LogP) is 2.75. The van der Waals surface area contributed by atoms with Gasteiger partial charge in [-0.1, -0.05) is 13.0 Å². The van der Waals surface area contributed by atoms with Crippen molar-refractivity contribution in [2.75, 3.05) is 6.61 Å². The van der Waals surface area contributed by atoms with Gasteiger partial charge in [0.1, 0.15) is 6.26 Å². The predicted molar refractivity (Wildman–Crippen MR) is 74.1 cm³/mol. The van der Waals surface area contributed by atoms with E-state index in [1.807, 2.05) is 24.4 Å². The molecule has 0 aliphatic heterocycles. The van der Waals surface area contributed by atoms with Crippen LogP contribution in [0.25, 0.3) is 0 Å². The summed E-state index contributed by atoms with van der Waals surface area (Å²) in [5, 5.41) is 11.4. The molecule has 2 heterocycles. The lowest BCUT2D eigenvalue weighted by Crippen LogP contribution is -2.41. The molecule has 0 unspecified atom stereocenters. The highest BCUT2D eigenvalue weighted by atomic mass is 32.1. The third kappa shape index (κ3) is 3.24. The summed E-state index contributed by atoms with van der Waals surface area (Å²) in [4.78, 5) is 15.3. The van der Waals surface area contributed by atoms with Crippen molar-refractivity contribution in [2.24, 2.45) is 0 Å². The molecule has 0 spiro atoms. The molecule has 19 heavy (non-hydrogen) atoms. The largest absolute Gasteiger partial charge is 0.472 e. The summed E-state index contributed by atoms with van der Waals surface area (Å²) in [6, 6.07) is 5.42. The second kappa shape index (κ2) is 6.54. The van der Waals surface area contributed by atoms with Gasteiger partial charge in [0, 0.05) is 4.88 Å². The van der Waals surface area contributed by atoms with E-state index in [0.29, 0.717) is 18.5 Å². The van der Waals surface area contributed by atoms with Crippen LogP contribution in [0.4, 0.5) is 0 Å². The van der Waals surface area contributed by atoms with E-state index in [1.165, 1.54) is 12.5 Å². The highest BCUT2D eigenvalue weighted by Crippen LogP contribution is 2.18. The maximum Gasteiger partial charge on any atom is 0.257 e. The van der Waals surface area contributed by atoms with Crippen LogP contribution in [0.1, 0.15) is 28.6 Å². The third-order valence-electron chi connectivity index (χ3n) is 3.06. The number of nitrogens with zero attached hydrogens (tertiary/aromatic N) is 1. The molecule has 0 fully saturated rings. The van der Waals surface area contributed by atoms with Crippen molar-refractivity contribution in [3.63, 3.8) is 0 Å². The van der Waals surface area contributed by atoms with Crippen LogP contribution >= 0.6 is 11.3 Å². The van der Waals surface area contributed by atoms with E-state index in [0.717, 1.165) is 4.88 Å². The summed E-state index contributed by atoms with van der Waals surface area (Å²) in [5.74, 6) is -0.108. The van der Waals surface area contributed by atoms with E-state index in [2.05, 4.69) is 0 Å². The van der Waals surface area contributed by atoms with Gasteiger partial charge in [0.2, 0.25) is 0 Å². The lowest BCUT2D eigenvalue weighted by atomic mass is 10.1. The summed E-state index contributed by atoms with van der Waals surface area (Å²) in [7, 11) is 0. The van der Waals surface area contributed by atoms with Gasteiger partial charge in [-0.05, 0) is 23.9 Å². The Morgan fingerprint density at radius 2 is 2.37 bits per heavy atom. The minimum Gasteiger partial charge on any atom is -0.472 e. The lowest BCUT2D eigenvalue weighted by Gasteiger charge is -2.29. The standard InChI is InChI=1S/C14H17NO3S/c1-2-12(9-16)15(8-13-4-3-7-19-13)14(17)11-5-6-18-10-11/h3-7,10,12,16H,2,8-9H2,1H3/t12-/m1/s1. The Morgan fingerprint density at radius 1 is 1.53 bits per heavy atom. The Hall–Kier alpha value is -1.59. The van der Waals surface area contributed by atoms with Crippen LogP contribution in [-0.2, 0) is 6.54 Å². The van der Waals surface area contributed by atoms with Gasteiger partial charge in [-0.2, -0.15) is 0 Å². The van der Waals surface area contributed by atoms with Gasteiger partial charge < -0.3 is 14.4 Å². The minimum atomic E-state index is -0.176. The first-order valence-corrected chi connectivity index (χ1v) is 7.10. The van der Waals surface area contributed by atoms with Crippen molar-refractivity contribution in [1.29, 1.82) is 0 Å². The molecule has 0 aromatic carbocycles. The van der Waals surface area contributed by atoms with Gasteiger partial charge in [0.25, 0.3) is 5.91 Å². The van der Waals surface area contributed by atoms with Crippen LogP contribution < -0.4 is 0 Å². The molecule has 4 nitrogen and oxygen atoms in total. The topological polar surface area (TPSA) is 53.7 Å². The number of carbonyl (C=O) groups is 1. The summed E-state index contributed by atoms with van der Waals surface area (Å²) < 4.78 is 4.96. The highest BCUT2D eigenvalue weighted by molar-refractivity contribution is 7.09. The lowest BCUT2D eigenvalue weighted by molar-refractivity contribution is 0.0566. The first-order valence-electron chi connectivity index (χ1n) is 6.22. The minimum absolute atomic E-state index is 0.0362. The van der Waals surface area contributed by atoms with E-state index >= 15 is 0 Å². The zero-order valence-corrected chi connectivity index (χ0v) is 11.6. The van der Waals surface area contributed by atoms with Crippen molar-refractivity contribution in [3.05, 3.63) is 46.5 Å². The average Bonchev–Trinajstić information content (AvgIpc) is 3.11. The Balaban J connectivity index is 2.20. The third-order valence-corrected chi connectivity index (χ3v) is 3.92. The van der Waals surface area contributed by atoms with Crippen LogP contribution in [0, 0.1) is 0 Å². The summed E-state index contributed by atoms with van der Waals surface area (Å²) in [5.41, 5.74) is 0.517. The molecule has 0 aliphatic carbocycles. The van der Waals surface area contributed by atoms with Crippen LogP contribution in [0.15, 0.2) is 40.5 Å². The molecule has 0 saturated heterocycles. The van der Waals surface area contributed by atoms with Crippen molar-refractivity contribution in [1.82, 2.24) is 4.90 Å². The fourth-order valence-electron chi connectivity index (χ4n) is 1.94. The molecule has 2 aromatic heterocycles. The smallest absolute Gasteiger partial charge is 0.257 e. The van der Waals surface area contributed by atoms with E-state index in [9.17, 15) is 9.90 Å². The van der Waals surface area contributed by atoms with Gasteiger partial charge in [-0.25, -0.2) is 0 Å². The van der Waals surface area contributed by atoms with Gasteiger partial charge in [-0.3, -0.25) is 4.79 Å². The number of rotatable bonds is 6. The van der Waals surface area contributed by atoms with Crippen LogP contribution in [0.5, 0.6) is 0 Å². The second-order valence-electron chi connectivity index (χ2n) is 4.27. The summed E-state index contributed by atoms with van der Waals surface area (Å²) in [6.45, 7) is 2.44. The first-order chi connectivity index (χ1) is 9.26. The molecule has 0 bridgehead atoms. The van der Waals surface area contributed by atoms with Crippen LogP contribution in [0.2, 0.25) is 0 Å². The van der Waals surface area contributed by atoms with E-state index in [1.54, 1.807) is 22.3 Å². The Kier molecular flexibility index (Phi) is 4.76. The number of aliphatic hydroxyl groups is 1. The fraction of sp³-hybridized carbons (Fsp3) is 0.357.